The third kappa shape index (κ3) is 1.98. The molecule has 0 aromatic heterocycles. The number of halogens is 4. The number of carbonyl (C=O) groups is 1. The Kier molecular flexibility index (Phi) is 3.16. The number of aliphatic carboxylic acids is 1. The lowest BCUT2D eigenvalue weighted by atomic mass is 9.88. The van der Waals surface area contributed by atoms with Gasteiger partial charge in [-0.1, -0.05) is 6.07 Å². The van der Waals surface area contributed by atoms with Crippen molar-refractivity contribution in [1.82, 2.24) is 0 Å². The summed E-state index contributed by atoms with van der Waals surface area (Å²) < 4.78 is 59.1. The SMILES string of the molecule is COc1c(C2CC3(CC2C(=O)O)CC3(F)F)ccc(F)c1F. The molecule has 1 aromatic rings. The summed E-state index contributed by atoms with van der Waals surface area (Å²) in [6, 6.07) is 2.08. The predicted octanol–water partition coefficient (Wildman–Crippen LogP) is 3.58. The number of alkyl halides is 2. The third-order valence-corrected chi connectivity index (χ3v) is 4.92. The van der Waals surface area contributed by atoms with Gasteiger partial charge in [-0.2, -0.15) is 4.39 Å². The van der Waals surface area contributed by atoms with Crippen LogP contribution < -0.4 is 4.74 Å². The van der Waals surface area contributed by atoms with E-state index in [0.29, 0.717) is 0 Å². The van der Waals surface area contributed by atoms with E-state index in [4.69, 9.17) is 4.74 Å². The van der Waals surface area contributed by atoms with Crippen molar-refractivity contribution in [2.45, 2.75) is 31.1 Å². The van der Waals surface area contributed by atoms with Crippen LogP contribution in [-0.4, -0.2) is 24.1 Å². The van der Waals surface area contributed by atoms with Crippen LogP contribution in [0, 0.1) is 23.0 Å². The van der Waals surface area contributed by atoms with Gasteiger partial charge in [0.05, 0.1) is 13.0 Å². The standard InChI is InChI=1S/C15H14F4O3/c1-22-12-7(2-3-10(16)11(12)17)8-4-14(6-15(14,18)19)5-9(8)13(20)21/h2-3,8-9H,4-6H2,1H3,(H,20,21). The molecule has 2 aliphatic rings. The van der Waals surface area contributed by atoms with Gasteiger partial charge >= 0.3 is 5.97 Å². The van der Waals surface area contributed by atoms with E-state index in [1.54, 1.807) is 0 Å². The van der Waals surface area contributed by atoms with Crippen molar-refractivity contribution in [3.63, 3.8) is 0 Å². The van der Waals surface area contributed by atoms with Gasteiger partial charge in [0, 0.05) is 23.3 Å². The summed E-state index contributed by atoms with van der Waals surface area (Å²) in [5.41, 5.74) is -1.20. The van der Waals surface area contributed by atoms with Gasteiger partial charge in [-0.15, -0.1) is 0 Å². The van der Waals surface area contributed by atoms with Gasteiger partial charge < -0.3 is 9.84 Å². The van der Waals surface area contributed by atoms with E-state index in [-0.39, 0.29) is 24.8 Å². The molecule has 0 saturated heterocycles. The fourth-order valence-corrected chi connectivity index (χ4v) is 3.67. The molecule has 1 spiro atoms. The second-order valence-corrected chi connectivity index (χ2v) is 6.10. The van der Waals surface area contributed by atoms with E-state index in [1.807, 2.05) is 0 Å². The highest BCUT2D eigenvalue weighted by Gasteiger charge is 2.75. The maximum Gasteiger partial charge on any atom is 0.307 e. The number of rotatable bonds is 3. The number of carboxylic acids is 1. The summed E-state index contributed by atoms with van der Waals surface area (Å²) in [7, 11) is 1.13. The predicted molar refractivity (Wildman–Crippen MR) is 68.0 cm³/mol. The molecule has 2 aliphatic carbocycles. The molecule has 0 heterocycles. The number of benzene rings is 1. The van der Waals surface area contributed by atoms with Gasteiger partial charge in [-0.25, -0.2) is 13.2 Å². The first kappa shape index (κ1) is 15.1. The zero-order valence-corrected chi connectivity index (χ0v) is 11.7. The van der Waals surface area contributed by atoms with Gasteiger partial charge in [-0.3, -0.25) is 4.79 Å². The smallest absolute Gasteiger partial charge is 0.307 e. The first-order chi connectivity index (χ1) is 10.2. The first-order valence-electron chi connectivity index (χ1n) is 6.85. The van der Waals surface area contributed by atoms with Crippen LogP contribution in [0.5, 0.6) is 5.75 Å². The Morgan fingerprint density at radius 1 is 1.32 bits per heavy atom. The molecule has 1 aromatic carbocycles. The van der Waals surface area contributed by atoms with E-state index in [0.717, 1.165) is 13.2 Å². The van der Waals surface area contributed by atoms with Crippen molar-refractivity contribution in [2.24, 2.45) is 11.3 Å². The van der Waals surface area contributed by atoms with Crippen LogP contribution >= 0.6 is 0 Å². The van der Waals surface area contributed by atoms with E-state index in [2.05, 4.69) is 0 Å². The van der Waals surface area contributed by atoms with Crippen molar-refractivity contribution in [2.75, 3.05) is 7.11 Å². The third-order valence-electron chi connectivity index (χ3n) is 4.92. The fraction of sp³-hybridized carbons (Fsp3) is 0.533. The van der Waals surface area contributed by atoms with Gasteiger partial charge in [-0.05, 0) is 18.9 Å². The molecule has 1 N–H and O–H groups in total. The Bertz CT molecular complexity index is 646. The number of ether oxygens (including phenoxy) is 1. The largest absolute Gasteiger partial charge is 0.493 e. The average molecular weight is 318 g/mol. The number of carboxylic acid groups (broad SMARTS) is 1. The lowest BCUT2D eigenvalue weighted by Gasteiger charge is -2.19. The molecule has 3 atom stereocenters. The van der Waals surface area contributed by atoms with E-state index in [1.165, 1.54) is 6.07 Å². The number of hydrogen-bond donors (Lipinski definition) is 1. The van der Waals surface area contributed by atoms with E-state index >= 15 is 0 Å². The van der Waals surface area contributed by atoms with Crippen LogP contribution in [0.2, 0.25) is 0 Å². The van der Waals surface area contributed by atoms with Crippen LogP contribution in [0.4, 0.5) is 17.6 Å². The molecule has 2 saturated carbocycles. The Balaban J connectivity index is 2.03. The minimum atomic E-state index is -2.89. The molecule has 3 nitrogen and oxygen atoms in total. The highest BCUT2D eigenvalue weighted by atomic mass is 19.3. The molecule has 7 heteroatoms. The molecule has 0 radical (unpaired) electrons. The Hall–Kier alpha value is -1.79. The number of hydrogen-bond acceptors (Lipinski definition) is 2. The van der Waals surface area contributed by atoms with Gasteiger partial charge in [0.25, 0.3) is 5.92 Å². The van der Waals surface area contributed by atoms with E-state index in [9.17, 15) is 27.5 Å². The Morgan fingerprint density at radius 2 is 1.95 bits per heavy atom. The number of methoxy groups -OCH3 is 1. The maximum atomic E-state index is 13.8. The minimum absolute atomic E-state index is 0.0710. The maximum absolute atomic E-state index is 13.8. The summed E-state index contributed by atoms with van der Waals surface area (Å²) in [6.45, 7) is 0. The topological polar surface area (TPSA) is 46.5 Å². The highest BCUT2D eigenvalue weighted by Crippen LogP contribution is 2.72. The van der Waals surface area contributed by atoms with Crippen molar-refractivity contribution in [3.05, 3.63) is 29.3 Å². The molecule has 0 aliphatic heterocycles. The van der Waals surface area contributed by atoms with Crippen LogP contribution in [0.25, 0.3) is 0 Å². The second-order valence-electron chi connectivity index (χ2n) is 6.10. The summed E-state index contributed by atoms with van der Waals surface area (Å²) in [5, 5.41) is 9.31. The van der Waals surface area contributed by atoms with Gasteiger partial charge in [0.15, 0.2) is 11.6 Å². The fourth-order valence-electron chi connectivity index (χ4n) is 3.67. The van der Waals surface area contributed by atoms with Crippen molar-refractivity contribution >= 4 is 5.97 Å². The molecular weight excluding hydrogens is 304 g/mol. The Labute approximate surface area is 123 Å². The zero-order valence-electron chi connectivity index (χ0n) is 11.7. The first-order valence-corrected chi connectivity index (χ1v) is 6.85. The monoisotopic (exact) mass is 318 g/mol. The minimum Gasteiger partial charge on any atom is -0.493 e. The molecular formula is C15H14F4O3. The Morgan fingerprint density at radius 3 is 2.45 bits per heavy atom. The molecule has 0 bridgehead atoms. The normalized spacial score (nSPS) is 32.2. The summed E-state index contributed by atoms with van der Waals surface area (Å²) in [5.74, 6) is -8.75. The van der Waals surface area contributed by atoms with Crippen LogP contribution in [0.1, 0.15) is 30.7 Å². The molecule has 22 heavy (non-hydrogen) atoms. The highest BCUT2D eigenvalue weighted by molar-refractivity contribution is 5.73. The lowest BCUT2D eigenvalue weighted by Crippen LogP contribution is -2.18. The average Bonchev–Trinajstić information content (AvgIpc) is 2.80. The van der Waals surface area contributed by atoms with Gasteiger partial charge in [0.2, 0.25) is 5.82 Å². The van der Waals surface area contributed by atoms with Crippen LogP contribution in [0.15, 0.2) is 12.1 Å². The second kappa shape index (κ2) is 4.60. The van der Waals surface area contributed by atoms with Crippen molar-refractivity contribution < 1.29 is 32.2 Å². The molecule has 3 rings (SSSR count). The van der Waals surface area contributed by atoms with E-state index < -0.39 is 46.5 Å². The summed E-state index contributed by atoms with van der Waals surface area (Å²) >= 11 is 0. The molecule has 0 amide bonds. The molecule has 2 fully saturated rings. The van der Waals surface area contributed by atoms with Crippen molar-refractivity contribution in [1.29, 1.82) is 0 Å². The summed E-state index contributed by atoms with van der Waals surface area (Å²) in [4.78, 5) is 11.4. The molecule has 120 valence electrons. The van der Waals surface area contributed by atoms with Crippen LogP contribution in [-0.2, 0) is 4.79 Å². The molecule has 3 unspecified atom stereocenters. The lowest BCUT2D eigenvalue weighted by molar-refractivity contribution is -0.142. The summed E-state index contributed by atoms with van der Waals surface area (Å²) in [6.07, 6.45) is -0.590. The van der Waals surface area contributed by atoms with Gasteiger partial charge in [0.1, 0.15) is 0 Å². The van der Waals surface area contributed by atoms with Crippen LogP contribution in [0.3, 0.4) is 0 Å². The van der Waals surface area contributed by atoms with Crippen molar-refractivity contribution in [3.8, 4) is 5.75 Å². The zero-order chi connectivity index (χ0) is 16.3. The quantitative estimate of drug-likeness (QED) is 0.867.